The number of nitrogens with zero attached hydrogens (tertiary/aromatic N) is 2. The number of benzene rings is 4. The van der Waals surface area contributed by atoms with E-state index < -0.39 is 34.1 Å². The Morgan fingerprint density at radius 2 is 1.41 bits per heavy atom. The second-order valence-electron chi connectivity index (χ2n) is 12.5. The summed E-state index contributed by atoms with van der Waals surface area (Å²) in [5.41, 5.74) is 3.35. The summed E-state index contributed by atoms with van der Waals surface area (Å²) in [6, 6.07) is 29.4. The van der Waals surface area contributed by atoms with Gasteiger partial charge in [0.2, 0.25) is 11.8 Å². The van der Waals surface area contributed by atoms with E-state index in [0.29, 0.717) is 5.75 Å². The first kappa shape index (κ1) is 34.2. The van der Waals surface area contributed by atoms with Gasteiger partial charge in [0.25, 0.3) is 10.0 Å². The van der Waals surface area contributed by atoms with Crippen molar-refractivity contribution < 1.29 is 22.7 Å². The third-order valence-electron chi connectivity index (χ3n) is 7.47. The molecule has 1 unspecified atom stereocenters. The largest absolute Gasteiger partial charge is 0.497 e. The van der Waals surface area contributed by atoms with Gasteiger partial charge in [-0.2, -0.15) is 0 Å². The standard InChI is InChI=1S/C37H43N3O5S/c1-27-15-19-30(20-16-27)25-39(34(36(42)38-37(3,4)5)23-29-11-8-7-9-12-29)35(41)26-40(31-13-10-14-32(24-31)45-6)46(43,44)33-21-17-28(2)18-22-33/h7-22,24,34H,23,25-26H2,1-6H3,(H,38,42). The highest BCUT2D eigenvalue weighted by Crippen LogP contribution is 2.28. The fourth-order valence-corrected chi connectivity index (χ4v) is 6.43. The number of hydrogen-bond acceptors (Lipinski definition) is 5. The number of methoxy groups -OCH3 is 1. The van der Waals surface area contributed by atoms with Crippen LogP contribution in [0.5, 0.6) is 5.75 Å². The van der Waals surface area contributed by atoms with Crippen LogP contribution in [-0.4, -0.2) is 50.4 Å². The second kappa shape index (κ2) is 14.6. The van der Waals surface area contributed by atoms with Gasteiger partial charge in [0.15, 0.2) is 0 Å². The van der Waals surface area contributed by atoms with Crippen molar-refractivity contribution in [3.63, 3.8) is 0 Å². The number of sulfonamides is 1. The molecule has 0 bridgehead atoms. The highest BCUT2D eigenvalue weighted by Gasteiger charge is 2.35. The molecule has 0 aromatic heterocycles. The predicted molar refractivity (Wildman–Crippen MR) is 182 cm³/mol. The molecule has 0 heterocycles. The number of amides is 2. The molecule has 1 N–H and O–H groups in total. The van der Waals surface area contributed by atoms with Crippen molar-refractivity contribution in [2.24, 2.45) is 0 Å². The summed E-state index contributed by atoms with van der Waals surface area (Å²) in [7, 11) is -2.71. The molecular weight excluding hydrogens is 598 g/mol. The number of hydrogen-bond donors (Lipinski definition) is 1. The lowest BCUT2D eigenvalue weighted by molar-refractivity contribution is -0.140. The highest BCUT2D eigenvalue weighted by molar-refractivity contribution is 7.92. The quantitative estimate of drug-likeness (QED) is 0.203. The number of ether oxygens (including phenoxy) is 1. The molecule has 0 aliphatic heterocycles. The van der Waals surface area contributed by atoms with Gasteiger partial charge in [0, 0.05) is 24.6 Å². The van der Waals surface area contributed by atoms with E-state index in [-0.39, 0.29) is 29.5 Å². The van der Waals surface area contributed by atoms with Crippen molar-refractivity contribution in [2.45, 2.75) is 64.1 Å². The van der Waals surface area contributed by atoms with Crippen molar-refractivity contribution in [3.8, 4) is 5.75 Å². The zero-order valence-corrected chi connectivity index (χ0v) is 28.2. The van der Waals surface area contributed by atoms with E-state index in [1.807, 2.05) is 89.2 Å². The lowest BCUT2D eigenvalue weighted by Gasteiger charge is -2.35. The maximum atomic E-state index is 14.6. The van der Waals surface area contributed by atoms with E-state index >= 15 is 0 Å². The van der Waals surface area contributed by atoms with Gasteiger partial charge in [-0.05, 0) is 70.0 Å². The van der Waals surface area contributed by atoms with Gasteiger partial charge >= 0.3 is 0 Å². The number of anilines is 1. The smallest absolute Gasteiger partial charge is 0.264 e. The molecule has 8 nitrogen and oxygen atoms in total. The first-order valence-electron chi connectivity index (χ1n) is 15.2. The molecule has 242 valence electrons. The lowest BCUT2D eigenvalue weighted by Crippen LogP contribution is -2.56. The van der Waals surface area contributed by atoms with Gasteiger partial charge in [0.05, 0.1) is 17.7 Å². The fraction of sp³-hybridized carbons (Fsp3) is 0.297. The molecule has 0 aliphatic carbocycles. The predicted octanol–water partition coefficient (Wildman–Crippen LogP) is 6.06. The molecule has 4 aromatic carbocycles. The number of rotatable bonds is 12. The van der Waals surface area contributed by atoms with Gasteiger partial charge in [0.1, 0.15) is 18.3 Å². The first-order chi connectivity index (χ1) is 21.8. The molecule has 4 rings (SSSR count). The Kier molecular flexibility index (Phi) is 10.9. The van der Waals surface area contributed by atoms with Crippen LogP contribution in [0.25, 0.3) is 0 Å². The summed E-state index contributed by atoms with van der Waals surface area (Å²) in [6.07, 6.45) is 0.240. The number of carbonyl (C=O) groups is 2. The SMILES string of the molecule is COc1cccc(N(CC(=O)N(Cc2ccc(C)cc2)C(Cc2ccccc2)C(=O)NC(C)(C)C)S(=O)(=O)c2ccc(C)cc2)c1. The minimum atomic E-state index is -4.21. The van der Waals surface area contributed by atoms with Crippen LogP contribution in [0.4, 0.5) is 5.69 Å². The molecule has 0 radical (unpaired) electrons. The number of carbonyl (C=O) groups excluding carboxylic acids is 2. The molecule has 0 fully saturated rings. The number of aryl methyl sites for hydroxylation is 2. The van der Waals surface area contributed by atoms with Crippen molar-refractivity contribution >= 4 is 27.5 Å². The van der Waals surface area contributed by atoms with Crippen molar-refractivity contribution in [1.29, 1.82) is 0 Å². The minimum Gasteiger partial charge on any atom is -0.497 e. The normalized spacial score (nSPS) is 12.2. The van der Waals surface area contributed by atoms with E-state index in [9.17, 15) is 18.0 Å². The van der Waals surface area contributed by atoms with Crippen LogP contribution in [-0.2, 0) is 32.6 Å². The van der Waals surface area contributed by atoms with Gasteiger partial charge in [-0.3, -0.25) is 13.9 Å². The Balaban J connectivity index is 1.83. The molecule has 4 aromatic rings. The van der Waals surface area contributed by atoms with Crippen LogP contribution in [0.1, 0.15) is 43.0 Å². The highest BCUT2D eigenvalue weighted by atomic mass is 32.2. The Labute approximate surface area is 273 Å². The van der Waals surface area contributed by atoms with E-state index in [1.54, 1.807) is 36.4 Å². The molecule has 0 aliphatic rings. The maximum absolute atomic E-state index is 14.6. The molecule has 9 heteroatoms. The molecule has 46 heavy (non-hydrogen) atoms. The summed E-state index contributed by atoms with van der Waals surface area (Å²) in [4.78, 5) is 30.1. The molecule has 1 atom stereocenters. The van der Waals surface area contributed by atoms with Gasteiger partial charge in [-0.25, -0.2) is 8.42 Å². The summed E-state index contributed by atoms with van der Waals surface area (Å²) in [5.74, 6) is -0.410. The van der Waals surface area contributed by atoms with Gasteiger partial charge < -0.3 is 15.0 Å². The van der Waals surface area contributed by atoms with Crippen LogP contribution < -0.4 is 14.4 Å². The lowest BCUT2D eigenvalue weighted by atomic mass is 10.0. The maximum Gasteiger partial charge on any atom is 0.264 e. The third kappa shape index (κ3) is 8.97. The van der Waals surface area contributed by atoms with Crippen LogP contribution in [0.15, 0.2) is 108 Å². The van der Waals surface area contributed by atoms with Crippen molar-refractivity contribution in [1.82, 2.24) is 10.2 Å². The van der Waals surface area contributed by atoms with Crippen LogP contribution in [0, 0.1) is 13.8 Å². The third-order valence-corrected chi connectivity index (χ3v) is 9.26. The van der Waals surface area contributed by atoms with E-state index in [1.165, 1.54) is 24.1 Å². The first-order valence-corrected chi connectivity index (χ1v) is 16.7. The summed E-state index contributed by atoms with van der Waals surface area (Å²) >= 11 is 0. The van der Waals surface area contributed by atoms with E-state index in [2.05, 4.69) is 5.32 Å². The van der Waals surface area contributed by atoms with Crippen molar-refractivity contribution in [3.05, 3.63) is 125 Å². The average molecular weight is 642 g/mol. The topological polar surface area (TPSA) is 96.0 Å². The molecular formula is C37H43N3O5S. The minimum absolute atomic E-state index is 0.0464. The van der Waals surface area contributed by atoms with Gasteiger partial charge in [-0.1, -0.05) is 83.9 Å². The van der Waals surface area contributed by atoms with E-state index in [4.69, 9.17) is 4.74 Å². The second-order valence-corrected chi connectivity index (χ2v) is 14.3. The molecule has 0 saturated heterocycles. The van der Waals surface area contributed by atoms with Crippen LogP contribution in [0.2, 0.25) is 0 Å². The molecule has 2 amide bonds. The van der Waals surface area contributed by atoms with Gasteiger partial charge in [-0.15, -0.1) is 0 Å². The summed E-state index contributed by atoms with van der Waals surface area (Å²) in [6.45, 7) is 9.07. The molecule has 0 saturated carbocycles. The average Bonchev–Trinajstić information content (AvgIpc) is 3.02. The zero-order valence-electron chi connectivity index (χ0n) is 27.4. The van der Waals surface area contributed by atoms with Crippen LogP contribution in [0.3, 0.4) is 0 Å². The number of nitrogens with one attached hydrogen (secondary N) is 1. The Bertz CT molecular complexity index is 1730. The summed E-state index contributed by atoms with van der Waals surface area (Å²) < 4.78 is 34.9. The fourth-order valence-electron chi connectivity index (χ4n) is 5.03. The Morgan fingerprint density at radius 1 is 0.804 bits per heavy atom. The Hall–Kier alpha value is -4.63. The monoisotopic (exact) mass is 641 g/mol. The van der Waals surface area contributed by atoms with E-state index in [0.717, 1.165) is 26.6 Å². The van der Waals surface area contributed by atoms with Crippen molar-refractivity contribution in [2.75, 3.05) is 18.0 Å². The Morgan fingerprint density at radius 3 is 2.00 bits per heavy atom. The zero-order chi connectivity index (χ0) is 33.5. The molecule has 0 spiro atoms. The summed E-state index contributed by atoms with van der Waals surface area (Å²) in [5, 5.41) is 3.05. The van der Waals surface area contributed by atoms with Crippen LogP contribution >= 0.6 is 0 Å².